The molecule has 3 saturated heterocycles. The van der Waals surface area contributed by atoms with Gasteiger partial charge in [0, 0.05) is 44.1 Å². The fraction of sp³-hybridized carbons (Fsp3) is 0.571. The zero-order chi connectivity index (χ0) is 18.5. The molecule has 2 bridgehead atoms. The smallest absolute Gasteiger partial charge is 0.270 e. The van der Waals surface area contributed by atoms with Crippen LogP contribution in [0.15, 0.2) is 29.2 Å². The Hall–Kier alpha value is -2.21. The Morgan fingerprint density at radius 1 is 1.15 bits per heavy atom. The van der Waals surface area contributed by atoms with Crippen molar-refractivity contribution in [2.24, 2.45) is 11.8 Å². The van der Waals surface area contributed by atoms with Crippen LogP contribution in [0.2, 0.25) is 0 Å². The molecule has 1 saturated carbocycles. The van der Waals surface area contributed by atoms with E-state index in [1.165, 1.54) is 32.0 Å². The number of aryl methyl sites for hydroxylation is 1. The fourth-order valence-electron chi connectivity index (χ4n) is 4.79. The van der Waals surface area contributed by atoms with Crippen LogP contribution in [0, 0.1) is 18.8 Å². The Bertz CT molecular complexity index is 949. The number of amides is 1. The maximum absolute atomic E-state index is 13.2. The van der Waals surface area contributed by atoms with Crippen LogP contribution in [0.1, 0.15) is 41.7 Å². The number of hydrogen-bond donors (Lipinski definition) is 0. The molecule has 27 heavy (non-hydrogen) atoms. The highest BCUT2D eigenvalue weighted by Crippen LogP contribution is 2.35. The number of aromatic nitrogens is 2. The third-order valence-corrected chi connectivity index (χ3v) is 6.46. The van der Waals surface area contributed by atoms with E-state index < -0.39 is 0 Å². The van der Waals surface area contributed by atoms with Gasteiger partial charge < -0.3 is 4.90 Å². The normalized spacial score (nSPS) is 25.7. The van der Waals surface area contributed by atoms with E-state index in [9.17, 15) is 9.59 Å². The Morgan fingerprint density at radius 3 is 2.81 bits per heavy atom. The van der Waals surface area contributed by atoms with Gasteiger partial charge in [-0.05, 0) is 56.6 Å². The number of nitrogens with zero attached hydrogens (tertiary/aromatic N) is 4. The number of carbonyl (C=O) groups excluding carboxylic acids is 1. The third-order valence-electron chi connectivity index (χ3n) is 6.46. The van der Waals surface area contributed by atoms with Gasteiger partial charge in [-0.1, -0.05) is 6.07 Å². The van der Waals surface area contributed by atoms with Gasteiger partial charge in [0.15, 0.2) is 0 Å². The zero-order valence-electron chi connectivity index (χ0n) is 15.8. The van der Waals surface area contributed by atoms with E-state index in [-0.39, 0.29) is 17.0 Å². The summed E-state index contributed by atoms with van der Waals surface area (Å²) in [4.78, 5) is 35.1. The molecule has 4 fully saturated rings. The maximum atomic E-state index is 13.2. The minimum Gasteiger partial charge on any atom is -0.337 e. The first-order valence-corrected chi connectivity index (χ1v) is 10.1. The predicted octanol–water partition coefficient (Wildman–Crippen LogP) is 1.95. The van der Waals surface area contributed by atoms with Crippen LogP contribution >= 0.6 is 0 Å². The minimum atomic E-state index is -0.255. The molecule has 5 heterocycles. The van der Waals surface area contributed by atoms with Crippen LogP contribution in [0.4, 0.5) is 0 Å². The molecular weight excluding hydrogens is 340 g/mol. The Kier molecular flexibility index (Phi) is 4.04. The van der Waals surface area contributed by atoms with Gasteiger partial charge in [-0.2, -0.15) is 0 Å². The highest BCUT2D eigenvalue weighted by molar-refractivity contribution is 5.94. The van der Waals surface area contributed by atoms with E-state index in [1.54, 1.807) is 10.5 Å². The largest absolute Gasteiger partial charge is 0.337 e. The van der Waals surface area contributed by atoms with Crippen molar-refractivity contribution in [3.63, 3.8) is 0 Å². The van der Waals surface area contributed by atoms with Crippen molar-refractivity contribution < 1.29 is 4.79 Å². The monoisotopic (exact) mass is 366 g/mol. The summed E-state index contributed by atoms with van der Waals surface area (Å²) in [7, 11) is 0. The van der Waals surface area contributed by atoms with Crippen molar-refractivity contribution in [1.29, 1.82) is 0 Å². The molecule has 2 atom stereocenters. The van der Waals surface area contributed by atoms with Crippen LogP contribution < -0.4 is 5.56 Å². The summed E-state index contributed by atoms with van der Waals surface area (Å²) < 4.78 is 1.54. The summed E-state index contributed by atoms with van der Waals surface area (Å²) >= 11 is 0. The molecule has 6 heteroatoms. The first-order valence-electron chi connectivity index (χ1n) is 10.1. The molecule has 6 nitrogen and oxygen atoms in total. The molecule has 0 unspecified atom stereocenters. The number of hydrogen-bond acceptors (Lipinski definition) is 4. The first-order chi connectivity index (χ1) is 13.1. The van der Waals surface area contributed by atoms with Gasteiger partial charge in [-0.15, -0.1) is 0 Å². The van der Waals surface area contributed by atoms with Crippen LogP contribution in [-0.2, 0) is 0 Å². The van der Waals surface area contributed by atoms with Crippen molar-refractivity contribution in [1.82, 2.24) is 19.2 Å². The maximum Gasteiger partial charge on any atom is 0.270 e. The lowest BCUT2D eigenvalue weighted by Crippen LogP contribution is -2.45. The molecule has 0 aromatic carbocycles. The second-order valence-electron chi connectivity index (χ2n) is 8.54. The van der Waals surface area contributed by atoms with Crippen LogP contribution in [0.3, 0.4) is 0 Å². The van der Waals surface area contributed by atoms with Gasteiger partial charge >= 0.3 is 0 Å². The van der Waals surface area contributed by atoms with Gasteiger partial charge in [-0.3, -0.25) is 18.9 Å². The topological polar surface area (TPSA) is 57.9 Å². The minimum absolute atomic E-state index is 0.157. The van der Waals surface area contributed by atoms with Crippen molar-refractivity contribution in [2.75, 3.05) is 26.2 Å². The molecular formula is C21H26N4O2. The number of rotatable bonds is 3. The molecule has 0 radical (unpaired) electrons. The van der Waals surface area contributed by atoms with E-state index in [1.807, 2.05) is 24.0 Å². The highest BCUT2D eigenvalue weighted by Gasteiger charge is 2.39. The second-order valence-corrected chi connectivity index (χ2v) is 8.54. The van der Waals surface area contributed by atoms with Crippen molar-refractivity contribution in [3.05, 3.63) is 46.0 Å². The standard InChI is InChI=1S/C21H26N4O2/c1-14-3-2-4-19-22-9-18(21(27)25(14)19)20(26)24-12-16-7-8-17(13-24)23(11-16)10-15-5-6-15/h2-4,9,15-17H,5-8,10-13H2,1H3/t16-,17-/m1/s1. The molecule has 142 valence electrons. The third kappa shape index (κ3) is 3.06. The van der Waals surface area contributed by atoms with E-state index >= 15 is 0 Å². The average Bonchev–Trinajstić information content (AvgIpc) is 3.49. The SMILES string of the molecule is Cc1cccc2ncc(C(=O)N3C[C@@H]4CC[C@H](C3)N(CC3CC3)C4)c(=O)n12. The molecule has 1 aliphatic carbocycles. The van der Waals surface area contributed by atoms with E-state index in [0.717, 1.165) is 37.7 Å². The molecule has 6 rings (SSSR count). The summed E-state index contributed by atoms with van der Waals surface area (Å²) in [5.41, 5.74) is 1.32. The average molecular weight is 366 g/mol. The molecule has 0 N–H and O–H groups in total. The molecule has 4 aliphatic rings. The molecule has 2 aromatic heterocycles. The molecule has 2 aromatic rings. The molecule has 3 aliphatic heterocycles. The van der Waals surface area contributed by atoms with Crippen molar-refractivity contribution in [3.8, 4) is 0 Å². The van der Waals surface area contributed by atoms with Gasteiger partial charge in [0.1, 0.15) is 11.2 Å². The Labute approximate surface area is 158 Å². The van der Waals surface area contributed by atoms with Crippen molar-refractivity contribution >= 4 is 11.6 Å². The van der Waals surface area contributed by atoms with Gasteiger partial charge in [0.25, 0.3) is 11.5 Å². The highest BCUT2D eigenvalue weighted by atomic mass is 16.2. The predicted molar refractivity (Wildman–Crippen MR) is 103 cm³/mol. The first kappa shape index (κ1) is 16.9. The van der Waals surface area contributed by atoms with Crippen molar-refractivity contribution in [2.45, 2.75) is 38.6 Å². The van der Waals surface area contributed by atoms with Gasteiger partial charge in [0.2, 0.25) is 0 Å². The Balaban J connectivity index is 1.44. The van der Waals surface area contributed by atoms with Crippen LogP contribution in [0.5, 0.6) is 0 Å². The van der Waals surface area contributed by atoms with Gasteiger partial charge in [0.05, 0.1) is 0 Å². The van der Waals surface area contributed by atoms with E-state index in [4.69, 9.17) is 0 Å². The summed E-state index contributed by atoms with van der Waals surface area (Å²) in [6.45, 7) is 5.64. The number of piperidine rings is 1. The lowest BCUT2D eigenvalue weighted by Gasteiger charge is -2.36. The Morgan fingerprint density at radius 2 is 2.00 bits per heavy atom. The number of pyridine rings is 1. The van der Waals surface area contributed by atoms with Gasteiger partial charge in [-0.25, -0.2) is 4.98 Å². The lowest BCUT2D eigenvalue weighted by molar-refractivity contribution is 0.0734. The van der Waals surface area contributed by atoms with Crippen LogP contribution in [-0.4, -0.2) is 57.3 Å². The summed E-state index contributed by atoms with van der Waals surface area (Å²) in [5.74, 6) is 1.23. The second kappa shape index (κ2) is 6.44. The summed E-state index contributed by atoms with van der Waals surface area (Å²) in [6, 6.07) is 5.97. The quantitative estimate of drug-likeness (QED) is 0.833. The zero-order valence-corrected chi connectivity index (χ0v) is 15.8. The summed E-state index contributed by atoms with van der Waals surface area (Å²) in [5, 5.41) is 0. The summed E-state index contributed by atoms with van der Waals surface area (Å²) in [6.07, 6.45) is 6.53. The lowest BCUT2D eigenvalue weighted by atomic mass is 9.95. The van der Waals surface area contributed by atoms with E-state index in [0.29, 0.717) is 17.6 Å². The fourth-order valence-corrected chi connectivity index (χ4v) is 4.79. The van der Waals surface area contributed by atoms with E-state index in [2.05, 4.69) is 9.88 Å². The molecule has 1 amide bonds. The molecule has 0 spiro atoms. The number of carbonyl (C=O) groups is 1. The van der Waals surface area contributed by atoms with Crippen LogP contribution in [0.25, 0.3) is 5.65 Å². The number of fused-ring (bicyclic) bond motifs is 5.